The van der Waals surface area contributed by atoms with Gasteiger partial charge in [0.25, 0.3) is 0 Å². The Labute approximate surface area is 70.7 Å². The zero-order valence-corrected chi connectivity index (χ0v) is 7.13. The van der Waals surface area contributed by atoms with E-state index in [0.717, 1.165) is 0 Å². The molecule has 0 amide bonds. The lowest BCUT2D eigenvalue weighted by molar-refractivity contribution is 0.396. The molecule has 0 aromatic heterocycles. The molecule has 11 heavy (non-hydrogen) atoms. The maximum Gasteiger partial charge on any atom is 0.412 e. The van der Waals surface area contributed by atoms with Crippen molar-refractivity contribution in [3.63, 3.8) is 0 Å². The largest absolute Gasteiger partial charge is 0.426 e. The SMILES string of the molecule is OP(OCl)Oc1ccccc1. The fraction of sp³-hybridized carbons (Fsp3) is 0. The van der Waals surface area contributed by atoms with Crippen LogP contribution in [0.3, 0.4) is 0 Å². The second-order valence-corrected chi connectivity index (χ2v) is 2.92. The molecule has 0 saturated carbocycles. The molecule has 1 atom stereocenters. The summed E-state index contributed by atoms with van der Waals surface area (Å²) < 4.78 is 8.85. The van der Waals surface area contributed by atoms with E-state index in [1.165, 1.54) is 0 Å². The Morgan fingerprint density at radius 3 is 2.45 bits per heavy atom. The number of hydrogen-bond donors (Lipinski definition) is 1. The third-order valence-corrected chi connectivity index (χ3v) is 1.83. The molecular formula is C6H6ClO3P. The topological polar surface area (TPSA) is 38.7 Å². The van der Waals surface area contributed by atoms with Crippen LogP contribution in [0, 0.1) is 0 Å². The fourth-order valence-corrected chi connectivity index (χ4v) is 1.00. The van der Waals surface area contributed by atoms with Crippen LogP contribution in [0.25, 0.3) is 0 Å². The number of para-hydroxylation sites is 1. The van der Waals surface area contributed by atoms with Gasteiger partial charge in [0.2, 0.25) is 0 Å². The van der Waals surface area contributed by atoms with E-state index in [-0.39, 0.29) is 0 Å². The molecule has 60 valence electrons. The first-order valence-corrected chi connectivity index (χ1v) is 4.27. The molecule has 3 nitrogen and oxygen atoms in total. The van der Waals surface area contributed by atoms with Crippen LogP contribution in [-0.4, -0.2) is 4.89 Å². The van der Waals surface area contributed by atoms with E-state index in [0.29, 0.717) is 5.75 Å². The van der Waals surface area contributed by atoms with Gasteiger partial charge >= 0.3 is 8.60 Å². The third kappa shape index (κ3) is 3.04. The molecule has 1 aromatic carbocycles. The minimum Gasteiger partial charge on any atom is -0.426 e. The minimum atomic E-state index is -1.99. The summed E-state index contributed by atoms with van der Waals surface area (Å²) in [4.78, 5) is 8.80. The molecule has 0 fully saturated rings. The van der Waals surface area contributed by atoms with Gasteiger partial charge in [-0.25, -0.2) is 0 Å². The highest BCUT2D eigenvalue weighted by atomic mass is 35.5. The Morgan fingerprint density at radius 1 is 1.27 bits per heavy atom. The van der Waals surface area contributed by atoms with Gasteiger partial charge in [0.1, 0.15) is 5.75 Å². The molecule has 0 heterocycles. The predicted molar refractivity (Wildman–Crippen MR) is 43.1 cm³/mol. The number of hydrogen-bond acceptors (Lipinski definition) is 3. The summed E-state index contributed by atoms with van der Waals surface area (Å²) in [5, 5.41) is 0. The molecule has 0 aliphatic carbocycles. The first-order chi connectivity index (χ1) is 5.33. The lowest BCUT2D eigenvalue weighted by Crippen LogP contribution is -1.84. The Kier molecular flexibility index (Phi) is 3.60. The van der Waals surface area contributed by atoms with Gasteiger partial charge in [-0.15, -0.1) is 0 Å². The summed E-state index contributed by atoms with van der Waals surface area (Å²) in [7, 11) is -1.99. The van der Waals surface area contributed by atoms with Crippen molar-refractivity contribution in [1.29, 1.82) is 0 Å². The van der Waals surface area contributed by atoms with Crippen molar-refractivity contribution in [2.24, 2.45) is 0 Å². The van der Waals surface area contributed by atoms with E-state index in [4.69, 9.17) is 21.3 Å². The summed E-state index contributed by atoms with van der Waals surface area (Å²) >= 11 is 4.86. The first-order valence-electron chi connectivity index (χ1n) is 2.83. The smallest absolute Gasteiger partial charge is 0.412 e. The standard InChI is InChI=1S/C6H6ClO3P/c7-10-11(8)9-6-4-2-1-3-5-6/h1-5,8H. The highest BCUT2D eigenvalue weighted by Crippen LogP contribution is 2.35. The van der Waals surface area contributed by atoms with Crippen molar-refractivity contribution in [2.45, 2.75) is 0 Å². The quantitative estimate of drug-likeness (QED) is 0.748. The minimum absolute atomic E-state index is 0.529. The molecule has 0 aliphatic rings. The molecule has 0 spiro atoms. The van der Waals surface area contributed by atoms with Gasteiger partial charge in [-0.1, -0.05) is 18.2 Å². The van der Waals surface area contributed by atoms with Gasteiger partial charge in [0, 0.05) is 0 Å². The monoisotopic (exact) mass is 192 g/mol. The molecule has 1 aromatic rings. The van der Waals surface area contributed by atoms with Crippen molar-refractivity contribution < 1.29 is 13.5 Å². The second-order valence-electron chi connectivity index (χ2n) is 1.71. The molecule has 0 bridgehead atoms. The summed E-state index contributed by atoms with van der Waals surface area (Å²) in [5.74, 6) is 0.529. The van der Waals surface area contributed by atoms with Gasteiger partial charge in [-0.2, -0.15) is 4.08 Å². The zero-order valence-electron chi connectivity index (χ0n) is 5.48. The van der Waals surface area contributed by atoms with Crippen LogP contribution in [0.2, 0.25) is 0 Å². The Hall–Kier alpha value is -0.340. The molecule has 0 aliphatic heterocycles. The maximum absolute atomic E-state index is 8.80. The fourth-order valence-electron chi connectivity index (χ4n) is 0.586. The van der Waals surface area contributed by atoms with Gasteiger partial charge in [0.05, 0.1) is 11.9 Å². The maximum atomic E-state index is 8.80. The van der Waals surface area contributed by atoms with Crippen LogP contribution < -0.4 is 4.52 Å². The van der Waals surface area contributed by atoms with E-state index >= 15 is 0 Å². The summed E-state index contributed by atoms with van der Waals surface area (Å²) in [6.07, 6.45) is 0. The van der Waals surface area contributed by atoms with Crippen molar-refractivity contribution in [3.05, 3.63) is 30.3 Å². The molecule has 1 N–H and O–H groups in total. The van der Waals surface area contributed by atoms with Crippen molar-refractivity contribution in [3.8, 4) is 5.75 Å². The summed E-state index contributed by atoms with van der Waals surface area (Å²) in [6, 6.07) is 8.80. The van der Waals surface area contributed by atoms with E-state index < -0.39 is 8.60 Å². The van der Waals surface area contributed by atoms with Crippen molar-refractivity contribution >= 4 is 20.5 Å². The van der Waals surface area contributed by atoms with E-state index in [1.54, 1.807) is 24.3 Å². The van der Waals surface area contributed by atoms with Crippen LogP contribution in [0.1, 0.15) is 0 Å². The summed E-state index contributed by atoms with van der Waals surface area (Å²) in [5.41, 5.74) is 0. The number of halogens is 1. The molecule has 0 radical (unpaired) electrons. The average molecular weight is 193 g/mol. The van der Waals surface area contributed by atoms with Gasteiger partial charge < -0.3 is 9.42 Å². The van der Waals surface area contributed by atoms with Crippen LogP contribution >= 0.6 is 20.5 Å². The van der Waals surface area contributed by atoms with E-state index in [1.807, 2.05) is 6.07 Å². The predicted octanol–water partition coefficient (Wildman–Crippen LogP) is 2.46. The highest BCUT2D eigenvalue weighted by molar-refractivity contribution is 7.42. The number of benzene rings is 1. The lowest BCUT2D eigenvalue weighted by atomic mass is 10.3. The van der Waals surface area contributed by atoms with Crippen LogP contribution in [0.15, 0.2) is 30.3 Å². The Balaban J connectivity index is 2.51. The molecular weight excluding hydrogens is 186 g/mol. The van der Waals surface area contributed by atoms with Gasteiger partial charge in [-0.3, -0.25) is 0 Å². The Bertz CT molecular complexity index is 206. The summed E-state index contributed by atoms with van der Waals surface area (Å²) in [6.45, 7) is 0. The van der Waals surface area contributed by atoms with Crippen LogP contribution in [-0.2, 0) is 4.08 Å². The van der Waals surface area contributed by atoms with Crippen molar-refractivity contribution in [1.82, 2.24) is 0 Å². The van der Waals surface area contributed by atoms with Gasteiger partial charge in [0.15, 0.2) is 0 Å². The van der Waals surface area contributed by atoms with Crippen LogP contribution in [0.5, 0.6) is 5.75 Å². The first kappa shape index (κ1) is 8.75. The molecule has 0 saturated heterocycles. The Morgan fingerprint density at radius 2 is 1.91 bits per heavy atom. The second kappa shape index (κ2) is 4.52. The number of rotatable bonds is 3. The average Bonchev–Trinajstić information content (AvgIpc) is 2.06. The van der Waals surface area contributed by atoms with Gasteiger partial charge in [-0.05, 0) is 12.1 Å². The van der Waals surface area contributed by atoms with E-state index in [2.05, 4.69) is 4.08 Å². The normalized spacial score (nSPS) is 12.5. The third-order valence-electron chi connectivity index (χ3n) is 0.986. The lowest BCUT2D eigenvalue weighted by Gasteiger charge is -2.05. The highest BCUT2D eigenvalue weighted by Gasteiger charge is 2.05. The zero-order chi connectivity index (χ0) is 8.10. The van der Waals surface area contributed by atoms with Crippen molar-refractivity contribution in [2.75, 3.05) is 0 Å². The molecule has 1 unspecified atom stereocenters. The van der Waals surface area contributed by atoms with E-state index in [9.17, 15) is 0 Å². The molecule has 5 heteroatoms. The van der Waals surface area contributed by atoms with Crippen LogP contribution in [0.4, 0.5) is 0 Å². The molecule has 1 rings (SSSR count).